The van der Waals surface area contributed by atoms with E-state index in [1.807, 2.05) is 30.3 Å². The summed E-state index contributed by atoms with van der Waals surface area (Å²) in [6, 6.07) is 16.0. The third-order valence-electron chi connectivity index (χ3n) is 4.59. The van der Waals surface area contributed by atoms with Crippen molar-refractivity contribution >= 4 is 11.6 Å². The summed E-state index contributed by atoms with van der Waals surface area (Å²) in [5.41, 5.74) is 3.01. The lowest BCUT2D eigenvalue weighted by atomic mass is 10.2. The fourth-order valence-corrected chi connectivity index (χ4v) is 2.89. The van der Waals surface area contributed by atoms with Crippen molar-refractivity contribution in [2.24, 2.45) is 0 Å². The van der Waals surface area contributed by atoms with Crippen LogP contribution in [0, 0.1) is 6.92 Å². The summed E-state index contributed by atoms with van der Waals surface area (Å²) < 4.78 is 56.6. The second kappa shape index (κ2) is 9.74. The standard InChI is InChI=1S/C22H21F4N3O2/c1-15-19(11-27-29(15)12-16-6-3-2-4-7-16)20(30)28-18-9-5-8-17(10-18)13-31-14-22(25,26)21(23)24/h2-11,21H,12-14H2,1H3,(H,28,30). The minimum Gasteiger partial charge on any atom is -0.370 e. The molecule has 0 radical (unpaired) electrons. The minimum absolute atomic E-state index is 0.292. The van der Waals surface area contributed by atoms with Crippen LogP contribution >= 0.6 is 0 Å². The summed E-state index contributed by atoms with van der Waals surface area (Å²) in [4.78, 5) is 12.7. The lowest BCUT2D eigenvalue weighted by Crippen LogP contribution is -2.32. The summed E-state index contributed by atoms with van der Waals surface area (Å²) >= 11 is 0. The Balaban J connectivity index is 1.61. The van der Waals surface area contributed by atoms with Gasteiger partial charge in [-0.05, 0) is 30.2 Å². The number of carbonyl (C=O) groups is 1. The average molecular weight is 435 g/mol. The van der Waals surface area contributed by atoms with Crippen molar-refractivity contribution < 1.29 is 27.1 Å². The van der Waals surface area contributed by atoms with Gasteiger partial charge in [0.2, 0.25) is 0 Å². The molecule has 0 spiro atoms. The fraction of sp³-hybridized carbons (Fsp3) is 0.273. The molecule has 1 N–H and O–H groups in total. The van der Waals surface area contributed by atoms with Crippen molar-refractivity contribution in [3.63, 3.8) is 0 Å². The highest BCUT2D eigenvalue weighted by atomic mass is 19.3. The number of rotatable bonds is 9. The van der Waals surface area contributed by atoms with E-state index in [0.717, 1.165) is 5.56 Å². The topological polar surface area (TPSA) is 56.1 Å². The molecule has 1 amide bonds. The molecule has 3 aromatic rings. The number of anilines is 1. The van der Waals surface area contributed by atoms with Gasteiger partial charge in [-0.3, -0.25) is 9.48 Å². The SMILES string of the molecule is Cc1c(C(=O)Nc2cccc(COCC(F)(F)C(F)F)c2)cnn1Cc1ccccc1. The van der Waals surface area contributed by atoms with E-state index in [-0.39, 0.29) is 12.5 Å². The first-order valence-electron chi connectivity index (χ1n) is 9.46. The third-order valence-corrected chi connectivity index (χ3v) is 4.59. The number of nitrogens with zero attached hydrogens (tertiary/aromatic N) is 2. The maximum Gasteiger partial charge on any atom is 0.330 e. The molecular weight excluding hydrogens is 414 g/mol. The highest BCUT2D eigenvalue weighted by Crippen LogP contribution is 2.23. The van der Waals surface area contributed by atoms with Crippen molar-refractivity contribution in [1.29, 1.82) is 0 Å². The predicted octanol–water partition coefficient (Wildman–Crippen LogP) is 4.91. The zero-order valence-corrected chi connectivity index (χ0v) is 16.7. The van der Waals surface area contributed by atoms with Crippen LogP contribution in [0.5, 0.6) is 0 Å². The number of benzene rings is 2. The van der Waals surface area contributed by atoms with E-state index in [2.05, 4.69) is 10.4 Å². The van der Waals surface area contributed by atoms with Gasteiger partial charge in [-0.25, -0.2) is 8.78 Å². The van der Waals surface area contributed by atoms with Crippen LogP contribution in [0.15, 0.2) is 60.8 Å². The first kappa shape index (κ1) is 22.5. The number of nitrogens with one attached hydrogen (secondary N) is 1. The van der Waals surface area contributed by atoms with E-state index in [1.54, 1.807) is 29.8 Å². The molecule has 1 heterocycles. The van der Waals surface area contributed by atoms with Crippen LogP contribution in [0.4, 0.5) is 23.2 Å². The molecule has 0 saturated heterocycles. The minimum atomic E-state index is -4.21. The van der Waals surface area contributed by atoms with Gasteiger partial charge in [0.1, 0.15) is 6.61 Å². The molecule has 5 nitrogen and oxygen atoms in total. The molecule has 0 fully saturated rings. The summed E-state index contributed by atoms with van der Waals surface area (Å²) in [5.74, 6) is -4.58. The lowest BCUT2D eigenvalue weighted by Gasteiger charge is -2.15. The van der Waals surface area contributed by atoms with E-state index in [1.165, 1.54) is 12.3 Å². The van der Waals surface area contributed by atoms with E-state index in [0.29, 0.717) is 29.1 Å². The average Bonchev–Trinajstić information content (AvgIpc) is 3.09. The van der Waals surface area contributed by atoms with E-state index < -0.39 is 19.0 Å². The van der Waals surface area contributed by atoms with Gasteiger partial charge in [0.15, 0.2) is 0 Å². The summed E-state index contributed by atoms with van der Waals surface area (Å²) in [7, 11) is 0. The Hall–Kier alpha value is -3.20. The van der Waals surface area contributed by atoms with Crippen LogP contribution in [0.3, 0.4) is 0 Å². The normalized spacial score (nSPS) is 11.7. The highest BCUT2D eigenvalue weighted by molar-refractivity contribution is 6.04. The van der Waals surface area contributed by atoms with Gasteiger partial charge in [0, 0.05) is 11.4 Å². The van der Waals surface area contributed by atoms with Crippen LogP contribution in [0.1, 0.15) is 27.2 Å². The molecule has 0 aliphatic carbocycles. The quantitative estimate of drug-likeness (QED) is 0.486. The van der Waals surface area contributed by atoms with Gasteiger partial charge >= 0.3 is 12.3 Å². The Bertz CT molecular complexity index is 1020. The van der Waals surface area contributed by atoms with Gasteiger partial charge in [-0.1, -0.05) is 42.5 Å². The van der Waals surface area contributed by atoms with Crippen LogP contribution in [0.2, 0.25) is 0 Å². The molecular formula is C22H21F4N3O2. The van der Waals surface area contributed by atoms with Crippen molar-refractivity contribution in [3.05, 3.63) is 83.2 Å². The Morgan fingerprint density at radius 3 is 2.55 bits per heavy atom. The Morgan fingerprint density at radius 2 is 1.84 bits per heavy atom. The Morgan fingerprint density at radius 1 is 1.13 bits per heavy atom. The number of amides is 1. The first-order valence-corrected chi connectivity index (χ1v) is 9.46. The van der Waals surface area contributed by atoms with Crippen molar-refractivity contribution in [3.8, 4) is 0 Å². The number of hydrogen-bond acceptors (Lipinski definition) is 3. The zero-order chi connectivity index (χ0) is 22.4. The number of carbonyl (C=O) groups excluding carboxylic acids is 1. The Kier molecular flexibility index (Phi) is 7.06. The molecule has 0 aliphatic heterocycles. The molecule has 9 heteroatoms. The van der Waals surface area contributed by atoms with Crippen molar-refractivity contribution in [1.82, 2.24) is 9.78 Å². The molecule has 0 bridgehead atoms. The highest BCUT2D eigenvalue weighted by Gasteiger charge is 2.40. The Labute approximate surface area is 176 Å². The smallest absolute Gasteiger partial charge is 0.330 e. The molecule has 2 aromatic carbocycles. The molecule has 1 aromatic heterocycles. The number of ether oxygens (including phenoxy) is 1. The molecule has 0 saturated carbocycles. The van der Waals surface area contributed by atoms with E-state index in [4.69, 9.17) is 4.74 Å². The number of aromatic nitrogens is 2. The van der Waals surface area contributed by atoms with Crippen molar-refractivity contribution in [2.45, 2.75) is 32.4 Å². The molecule has 31 heavy (non-hydrogen) atoms. The van der Waals surface area contributed by atoms with E-state index in [9.17, 15) is 22.4 Å². The first-order chi connectivity index (χ1) is 14.8. The molecule has 0 aliphatic rings. The maximum absolute atomic E-state index is 12.9. The summed E-state index contributed by atoms with van der Waals surface area (Å²) in [6.45, 7) is 0.634. The van der Waals surface area contributed by atoms with Gasteiger partial charge in [0.25, 0.3) is 5.91 Å². The summed E-state index contributed by atoms with van der Waals surface area (Å²) in [6.07, 6.45) is -2.31. The third kappa shape index (κ3) is 5.91. The van der Waals surface area contributed by atoms with Crippen molar-refractivity contribution in [2.75, 3.05) is 11.9 Å². The monoisotopic (exact) mass is 435 g/mol. The maximum atomic E-state index is 12.9. The van der Waals surface area contributed by atoms with E-state index >= 15 is 0 Å². The molecule has 164 valence electrons. The second-order valence-corrected chi connectivity index (χ2v) is 7.00. The lowest BCUT2D eigenvalue weighted by molar-refractivity contribution is -0.168. The number of halogens is 4. The number of hydrogen-bond donors (Lipinski definition) is 1. The number of alkyl halides is 4. The van der Waals surface area contributed by atoms with Crippen LogP contribution < -0.4 is 5.32 Å². The second-order valence-electron chi connectivity index (χ2n) is 7.00. The van der Waals surface area contributed by atoms with Crippen LogP contribution in [0.25, 0.3) is 0 Å². The summed E-state index contributed by atoms with van der Waals surface area (Å²) in [5, 5.41) is 7.00. The predicted molar refractivity (Wildman–Crippen MR) is 108 cm³/mol. The van der Waals surface area contributed by atoms with Gasteiger partial charge < -0.3 is 10.1 Å². The van der Waals surface area contributed by atoms with Gasteiger partial charge in [-0.2, -0.15) is 13.9 Å². The van der Waals surface area contributed by atoms with Gasteiger partial charge in [-0.15, -0.1) is 0 Å². The van der Waals surface area contributed by atoms with Crippen LogP contribution in [-0.4, -0.2) is 34.6 Å². The van der Waals surface area contributed by atoms with Gasteiger partial charge in [0.05, 0.1) is 24.9 Å². The fourth-order valence-electron chi connectivity index (χ4n) is 2.89. The zero-order valence-electron chi connectivity index (χ0n) is 16.7. The van der Waals surface area contributed by atoms with Crippen LogP contribution in [-0.2, 0) is 17.9 Å². The largest absolute Gasteiger partial charge is 0.370 e. The molecule has 3 rings (SSSR count). The molecule has 0 atom stereocenters. The molecule has 0 unspecified atom stereocenters.